The highest BCUT2D eigenvalue weighted by atomic mass is 19.4. The van der Waals surface area contributed by atoms with Gasteiger partial charge in [-0.3, -0.25) is 14.4 Å². The summed E-state index contributed by atoms with van der Waals surface area (Å²) in [6.07, 6.45) is -3.81. The number of rotatable bonds is 4. The number of halogens is 5. The molecule has 8 nitrogen and oxygen atoms in total. The van der Waals surface area contributed by atoms with Crippen molar-refractivity contribution in [3.8, 4) is 5.75 Å². The summed E-state index contributed by atoms with van der Waals surface area (Å²) in [4.78, 5) is 40.6. The molecule has 2 unspecified atom stereocenters. The highest BCUT2D eigenvalue weighted by Gasteiger charge is 2.51. The summed E-state index contributed by atoms with van der Waals surface area (Å²) in [5.74, 6) is -5.36. The van der Waals surface area contributed by atoms with E-state index < -0.39 is 69.9 Å². The van der Waals surface area contributed by atoms with Gasteiger partial charge >= 0.3 is 6.18 Å². The van der Waals surface area contributed by atoms with Crippen molar-refractivity contribution >= 4 is 11.8 Å². The van der Waals surface area contributed by atoms with Crippen molar-refractivity contribution in [1.82, 2.24) is 14.8 Å². The Morgan fingerprint density at radius 1 is 1.18 bits per heavy atom. The number of amides is 2. The second kappa shape index (κ2) is 9.07. The van der Waals surface area contributed by atoms with Gasteiger partial charge in [0.05, 0.1) is 12.6 Å². The van der Waals surface area contributed by atoms with E-state index in [9.17, 15) is 41.4 Å². The van der Waals surface area contributed by atoms with Crippen LogP contribution in [0.2, 0.25) is 0 Å². The average Bonchev–Trinajstić information content (AvgIpc) is 3.55. The van der Waals surface area contributed by atoms with Crippen molar-refractivity contribution < 1.29 is 41.4 Å². The number of aromatic nitrogens is 1. The van der Waals surface area contributed by atoms with E-state index >= 15 is 0 Å². The van der Waals surface area contributed by atoms with Gasteiger partial charge in [-0.15, -0.1) is 0 Å². The van der Waals surface area contributed by atoms with E-state index in [1.54, 1.807) is 5.32 Å². The van der Waals surface area contributed by atoms with Crippen LogP contribution in [0.15, 0.2) is 29.2 Å². The Bertz CT molecular complexity index is 1380. The second-order valence-electron chi connectivity index (χ2n) is 10.1. The number of alkyl halides is 3. The van der Waals surface area contributed by atoms with Crippen molar-refractivity contribution in [2.24, 2.45) is 11.8 Å². The average molecular weight is 541 g/mol. The molecular formula is C25H24F5N3O5. The number of carbonyl (C=O) groups excluding carboxylic acids is 2. The van der Waals surface area contributed by atoms with Crippen LogP contribution in [0.3, 0.4) is 0 Å². The molecule has 1 aliphatic carbocycles. The van der Waals surface area contributed by atoms with Crippen molar-refractivity contribution in [2.45, 2.75) is 63.8 Å². The van der Waals surface area contributed by atoms with Gasteiger partial charge in [-0.2, -0.15) is 13.2 Å². The van der Waals surface area contributed by atoms with Crippen LogP contribution in [0, 0.1) is 23.5 Å². The van der Waals surface area contributed by atoms with Crippen LogP contribution in [-0.4, -0.2) is 50.9 Å². The maximum absolute atomic E-state index is 14.1. The van der Waals surface area contributed by atoms with Gasteiger partial charge in [-0.25, -0.2) is 8.78 Å². The van der Waals surface area contributed by atoms with Gasteiger partial charge in [0, 0.05) is 23.9 Å². The first-order valence-corrected chi connectivity index (χ1v) is 12.0. The van der Waals surface area contributed by atoms with Crippen LogP contribution in [0.1, 0.15) is 59.1 Å². The van der Waals surface area contributed by atoms with E-state index in [1.807, 2.05) is 6.92 Å². The predicted octanol–water partition coefficient (Wildman–Crippen LogP) is 3.48. The lowest BCUT2D eigenvalue weighted by Gasteiger charge is -2.48. The molecule has 1 aromatic carbocycles. The molecule has 13 heteroatoms. The Morgan fingerprint density at radius 3 is 2.47 bits per heavy atom. The third kappa shape index (κ3) is 4.42. The number of nitrogens with one attached hydrogen (secondary N) is 1. The zero-order valence-electron chi connectivity index (χ0n) is 20.3. The standard InChI is InChI=1S/C25H24F5N3O5/c1-10-5-14(10)17-6-11(2)38-18-9-32-8-15(20(34)21(35)19(32)24(37)33(17)18)23(36)31-22(25(28,29)30)13-4-3-12(26)7-16(13)27/h3-4,7-8,10-11,14,17-18,22,35H,5-6,9H2,1-2H3,(H,31,36)/t10-,11?,14+,17?,18+,22+/m1/s1. The summed E-state index contributed by atoms with van der Waals surface area (Å²) in [6.45, 7) is 3.83. The molecular weight excluding hydrogens is 517 g/mol. The van der Waals surface area contributed by atoms with Crippen molar-refractivity contribution in [3.05, 3.63) is 63.1 Å². The normalized spacial score (nSPS) is 27.4. The van der Waals surface area contributed by atoms with E-state index in [2.05, 4.69) is 6.92 Å². The molecule has 2 fully saturated rings. The van der Waals surface area contributed by atoms with Crippen molar-refractivity contribution in [3.63, 3.8) is 0 Å². The van der Waals surface area contributed by atoms with Crippen LogP contribution in [0.25, 0.3) is 0 Å². The molecule has 0 bridgehead atoms. The van der Waals surface area contributed by atoms with Crippen LogP contribution in [-0.2, 0) is 11.3 Å². The molecule has 38 heavy (non-hydrogen) atoms. The molecule has 2 N–H and O–H groups in total. The number of hydrogen-bond donors (Lipinski definition) is 2. The van der Waals surface area contributed by atoms with E-state index in [4.69, 9.17) is 4.74 Å². The summed E-state index contributed by atoms with van der Waals surface area (Å²) >= 11 is 0. The molecule has 3 heterocycles. The third-order valence-corrected chi connectivity index (χ3v) is 7.46. The maximum atomic E-state index is 14.1. The minimum Gasteiger partial charge on any atom is -0.503 e. The van der Waals surface area contributed by atoms with Gasteiger partial charge in [0.25, 0.3) is 11.8 Å². The number of carbonyl (C=O) groups is 2. The number of ether oxygens (including phenoxy) is 1. The molecule has 3 aliphatic rings. The fourth-order valence-corrected chi connectivity index (χ4v) is 5.49. The van der Waals surface area contributed by atoms with Crippen LogP contribution < -0.4 is 10.7 Å². The molecule has 1 saturated carbocycles. The van der Waals surface area contributed by atoms with Gasteiger partial charge in [0.1, 0.15) is 17.2 Å². The number of fused-ring (bicyclic) bond motifs is 2. The smallest absolute Gasteiger partial charge is 0.412 e. The Kier molecular flexibility index (Phi) is 6.24. The highest BCUT2D eigenvalue weighted by Crippen LogP contribution is 2.47. The summed E-state index contributed by atoms with van der Waals surface area (Å²) in [6, 6.07) is -1.72. The van der Waals surface area contributed by atoms with E-state index in [1.165, 1.54) is 4.90 Å². The molecule has 1 saturated heterocycles. The lowest BCUT2D eigenvalue weighted by atomic mass is 9.97. The molecule has 6 atom stereocenters. The minimum atomic E-state index is -5.21. The van der Waals surface area contributed by atoms with Crippen molar-refractivity contribution in [1.29, 1.82) is 0 Å². The molecule has 2 aromatic rings. The summed E-state index contributed by atoms with van der Waals surface area (Å²) < 4.78 is 75.7. The monoisotopic (exact) mass is 541 g/mol. The SMILES string of the molecule is CC1CC([C@H]2C[C@H]2C)N2C(=O)c3c(O)c(=O)c(C(=O)N[C@@H](c4ccc(F)cc4F)C(F)(F)F)cn3C[C@@H]2O1. The highest BCUT2D eigenvalue weighted by molar-refractivity contribution is 5.99. The largest absolute Gasteiger partial charge is 0.503 e. The van der Waals surface area contributed by atoms with Crippen molar-refractivity contribution in [2.75, 3.05) is 0 Å². The topological polar surface area (TPSA) is 101 Å². The summed E-state index contributed by atoms with van der Waals surface area (Å²) in [5.41, 5.74) is -3.70. The van der Waals surface area contributed by atoms with Gasteiger partial charge in [0.2, 0.25) is 5.43 Å². The Hall–Kier alpha value is -3.48. The van der Waals surface area contributed by atoms with Crippen LogP contribution in [0.5, 0.6) is 5.75 Å². The first-order valence-electron chi connectivity index (χ1n) is 12.0. The molecule has 204 valence electrons. The summed E-state index contributed by atoms with van der Waals surface area (Å²) in [5, 5.41) is 12.2. The van der Waals surface area contributed by atoms with Gasteiger partial charge < -0.3 is 24.6 Å². The number of hydrogen-bond acceptors (Lipinski definition) is 5. The Morgan fingerprint density at radius 2 is 1.87 bits per heavy atom. The number of nitrogens with zero attached hydrogens (tertiary/aromatic N) is 2. The van der Waals surface area contributed by atoms with Gasteiger partial charge in [-0.1, -0.05) is 13.0 Å². The number of benzene rings is 1. The lowest BCUT2D eigenvalue weighted by molar-refractivity contribution is -0.155. The fraction of sp³-hybridized carbons (Fsp3) is 0.480. The number of aromatic hydroxyl groups is 1. The van der Waals surface area contributed by atoms with E-state index in [-0.39, 0.29) is 30.7 Å². The predicted molar refractivity (Wildman–Crippen MR) is 121 cm³/mol. The second-order valence-corrected chi connectivity index (χ2v) is 10.1. The zero-order chi connectivity index (χ0) is 27.7. The Balaban J connectivity index is 1.50. The third-order valence-electron chi connectivity index (χ3n) is 7.46. The molecule has 0 spiro atoms. The Labute approximate surface area is 213 Å². The first kappa shape index (κ1) is 26.1. The molecule has 1 aromatic heterocycles. The quantitative estimate of drug-likeness (QED) is 0.578. The first-order chi connectivity index (χ1) is 17.8. The van der Waals surface area contributed by atoms with Gasteiger partial charge in [-0.05, 0) is 37.7 Å². The van der Waals surface area contributed by atoms with Gasteiger partial charge in [0.15, 0.2) is 23.7 Å². The molecule has 2 aliphatic heterocycles. The zero-order valence-corrected chi connectivity index (χ0v) is 20.3. The minimum absolute atomic E-state index is 0.0770. The van der Waals surface area contributed by atoms with Crippen LogP contribution >= 0.6 is 0 Å². The van der Waals surface area contributed by atoms with E-state index in [0.29, 0.717) is 24.5 Å². The molecule has 5 rings (SSSR count). The maximum Gasteiger partial charge on any atom is 0.412 e. The van der Waals surface area contributed by atoms with E-state index in [0.717, 1.165) is 17.2 Å². The fourth-order valence-electron chi connectivity index (χ4n) is 5.49. The lowest BCUT2D eigenvalue weighted by Crippen LogP contribution is -2.60. The molecule has 2 amide bonds. The van der Waals surface area contributed by atoms with Crippen LogP contribution in [0.4, 0.5) is 22.0 Å². The molecule has 0 radical (unpaired) electrons. The number of pyridine rings is 1. The summed E-state index contributed by atoms with van der Waals surface area (Å²) in [7, 11) is 0.